The molecule has 0 radical (unpaired) electrons. The molecule has 4 heteroatoms. The fourth-order valence-corrected chi connectivity index (χ4v) is 0.123. The molecule has 0 saturated heterocycles. The minimum atomic E-state index is 0. The van der Waals surface area contributed by atoms with Crippen LogP contribution >= 0.6 is 0 Å². The molecule has 0 spiro atoms. The van der Waals surface area contributed by atoms with Crippen molar-refractivity contribution in [1.82, 2.24) is 5.32 Å². The molecule has 0 unspecified atom stereocenters. The Labute approximate surface area is 56.9 Å². The molecule has 42 valence electrons. The van der Waals surface area contributed by atoms with Gasteiger partial charge >= 0.3 is 0 Å². The van der Waals surface area contributed by atoms with E-state index in [1.807, 2.05) is 0 Å². The largest absolute Gasteiger partial charge is 0.529 e. The first-order valence-electron chi connectivity index (χ1n) is 1.72. The minimum absolute atomic E-state index is 0. The Kier molecular flexibility index (Phi) is 13.7. The van der Waals surface area contributed by atoms with E-state index in [-0.39, 0.29) is 21.1 Å². The third-order valence-electron chi connectivity index (χ3n) is 0.342. The molecule has 0 saturated carbocycles. The second-order valence-electron chi connectivity index (χ2n) is 0.818. The molecular formula is C3H7N2OW-. The van der Waals surface area contributed by atoms with Crippen LogP contribution in [0.5, 0.6) is 0 Å². The molecule has 0 aromatic carbocycles. The van der Waals surface area contributed by atoms with Gasteiger partial charge in [-0.15, -0.1) is 0 Å². The predicted molar refractivity (Wildman–Crippen MR) is 22.8 cm³/mol. The van der Waals surface area contributed by atoms with Crippen molar-refractivity contribution in [3.63, 3.8) is 0 Å². The fourth-order valence-electron chi connectivity index (χ4n) is 0.123. The molecule has 1 amide bonds. The zero-order valence-corrected chi connectivity index (χ0v) is 6.74. The predicted octanol–water partition coefficient (Wildman–Crippen LogP) is -1.40. The normalized spacial score (nSPS) is 6.43. The molecule has 3 N–H and O–H groups in total. The molecule has 0 aromatic heterocycles. The Balaban J connectivity index is 0. The van der Waals surface area contributed by atoms with E-state index in [1.54, 1.807) is 0 Å². The summed E-state index contributed by atoms with van der Waals surface area (Å²) in [6, 6.07) is 0. The second kappa shape index (κ2) is 9.45. The fraction of sp³-hybridized carbons (Fsp3) is 0.667. The van der Waals surface area contributed by atoms with Crippen LogP contribution in [0.2, 0.25) is 0 Å². The number of nitrogens with one attached hydrogen (secondary N) is 1. The number of carbonyl (C=O) groups excluding carboxylic acids is 1. The molecule has 0 aromatic rings. The zero-order valence-electron chi connectivity index (χ0n) is 3.81. The van der Waals surface area contributed by atoms with Gasteiger partial charge in [0.15, 0.2) is 0 Å². The molecule has 0 bridgehead atoms. The molecule has 0 aliphatic heterocycles. The van der Waals surface area contributed by atoms with E-state index in [4.69, 9.17) is 5.73 Å². The van der Waals surface area contributed by atoms with Gasteiger partial charge in [0.25, 0.3) is 0 Å². The molecule has 0 rings (SSSR count). The van der Waals surface area contributed by atoms with E-state index in [0.717, 1.165) is 0 Å². The number of hydrogen-bond donors (Lipinski definition) is 2. The quantitative estimate of drug-likeness (QED) is 0.377. The standard InChI is InChI=1S/C3H7N2O.W/c4-1-2-5-3-6;/h1-2,4H2,(H,5,6);/q-1;. The average molecular weight is 271 g/mol. The van der Waals surface area contributed by atoms with Crippen LogP contribution in [0.1, 0.15) is 0 Å². The van der Waals surface area contributed by atoms with Crippen LogP contribution < -0.4 is 11.1 Å². The first kappa shape index (κ1) is 10.2. The topological polar surface area (TPSA) is 55.1 Å². The number of rotatable bonds is 3. The average Bonchev–Trinajstić information content (AvgIpc) is 1.61. The number of amides is 1. The maximum atomic E-state index is 9.27. The molecule has 0 heterocycles. The van der Waals surface area contributed by atoms with Crippen LogP contribution in [0.15, 0.2) is 0 Å². The van der Waals surface area contributed by atoms with E-state index in [2.05, 4.69) is 5.32 Å². The van der Waals surface area contributed by atoms with Gasteiger partial charge in [0.05, 0.1) is 0 Å². The maximum Gasteiger partial charge on any atom is 0.00720 e. The maximum absolute atomic E-state index is 9.27. The summed E-state index contributed by atoms with van der Waals surface area (Å²) in [7, 11) is 0. The van der Waals surface area contributed by atoms with Gasteiger partial charge in [0.1, 0.15) is 0 Å². The van der Waals surface area contributed by atoms with Gasteiger partial charge in [-0.25, -0.2) is 0 Å². The van der Waals surface area contributed by atoms with E-state index in [0.29, 0.717) is 13.1 Å². The molecule has 0 aliphatic rings. The summed E-state index contributed by atoms with van der Waals surface area (Å²) in [5.41, 5.74) is 4.97. The van der Waals surface area contributed by atoms with Crippen molar-refractivity contribution in [1.29, 1.82) is 0 Å². The van der Waals surface area contributed by atoms with E-state index >= 15 is 0 Å². The van der Waals surface area contributed by atoms with Crippen molar-refractivity contribution in [2.75, 3.05) is 13.1 Å². The summed E-state index contributed by atoms with van der Waals surface area (Å²) >= 11 is 0. The molecule has 7 heavy (non-hydrogen) atoms. The van der Waals surface area contributed by atoms with Gasteiger partial charge in [-0.05, 0) is 6.54 Å². The molecule has 0 fully saturated rings. The van der Waals surface area contributed by atoms with Crippen LogP contribution in [0, 0.1) is 0 Å². The summed E-state index contributed by atoms with van der Waals surface area (Å²) in [4.78, 5) is 9.27. The van der Waals surface area contributed by atoms with Gasteiger partial charge in [-0.3, -0.25) is 0 Å². The van der Waals surface area contributed by atoms with Gasteiger partial charge < -0.3 is 15.8 Å². The van der Waals surface area contributed by atoms with E-state index in [9.17, 15) is 4.79 Å². The van der Waals surface area contributed by atoms with Crippen molar-refractivity contribution in [2.24, 2.45) is 5.73 Å². The second-order valence-corrected chi connectivity index (χ2v) is 0.818. The Morgan fingerprint density at radius 3 is 2.43 bits per heavy atom. The van der Waals surface area contributed by atoms with Crippen LogP contribution in [0.4, 0.5) is 0 Å². The molecule has 3 nitrogen and oxygen atoms in total. The van der Waals surface area contributed by atoms with Crippen LogP contribution in [0.3, 0.4) is 0 Å². The Morgan fingerprint density at radius 2 is 2.29 bits per heavy atom. The number of hydrogen-bond acceptors (Lipinski definition) is 2. The minimum Gasteiger partial charge on any atom is -0.529 e. The van der Waals surface area contributed by atoms with Crippen LogP contribution in [-0.2, 0) is 25.9 Å². The molecule has 0 aliphatic carbocycles. The first-order chi connectivity index (χ1) is 2.91. The SMILES string of the molecule is NCCN[C-]=O.[W]. The first-order valence-corrected chi connectivity index (χ1v) is 1.72. The van der Waals surface area contributed by atoms with Crippen molar-refractivity contribution in [3.05, 3.63) is 0 Å². The Morgan fingerprint density at radius 1 is 1.71 bits per heavy atom. The molecule has 0 atom stereocenters. The van der Waals surface area contributed by atoms with Crippen molar-refractivity contribution in [2.45, 2.75) is 0 Å². The van der Waals surface area contributed by atoms with Gasteiger partial charge in [-0.1, -0.05) is 0 Å². The summed E-state index contributed by atoms with van der Waals surface area (Å²) in [6.07, 6.45) is 1.49. The Hall–Kier alpha value is 0.118. The van der Waals surface area contributed by atoms with Crippen molar-refractivity contribution >= 4 is 6.41 Å². The summed E-state index contributed by atoms with van der Waals surface area (Å²) in [5.74, 6) is 0. The monoisotopic (exact) mass is 271 g/mol. The zero-order chi connectivity index (χ0) is 4.83. The van der Waals surface area contributed by atoms with Crippen molar-refractivity contribution in [3.8, 4) is 0 Å². The van der Waals surface area contributed by atoms with E-state index < -0.39 is 0 Å². The van der Waals surface area contributed by atoms with Crippen LogP contribution in [-0.4, -0.2) is 19.5 Å². The summed E-state index contributed by atoms with van der Waals surface area (Å²) < 4.78 is 0. The van der Waals surface area contributed by atoms with Crippen LogP contribution in [0.25, 0.3) is 0 Å². The van der Waals surface area contributed by atoms with Gasteiger partial charge in [0, 0.05) is 27.6 Å². The Bertz CT molecular complexity index is 41.9. The van der Waals surface area contributed by atoms with Gasteiger partial charge in [0.2, 0.25) is 0 Å². The third-order valence-corrected chi connectivity index (χ3v) is 0.342. The number of nitrogens with two attached hydrogens (primary N) is 1. The third kappa shape index (κ3) is 10.7. The summed E-state index contributed by atoms with van der Waals surface area (Å²) in [5, 5.41) is 2.27. The van der Waals surface area contributed by atoms with E-state index in [1.165, 1.54) is 6.41 Å². The smallest absolute Gasteiger partial charge is 0.00720 e. The van der Waals surface area contributed by atoms with Crippen molar-refractivity contribution < 1.29 is 25.9 Å². The summed E-state index contributed by atoms with van der Waals surface area (Å²) in [6.45, 7) is 0.999. The molecular weight excluding hydrogens is 264 g/mol. The van der Waals surface area contributed by atoms with Gasteiger partial charge in [-0.2, -0.15) is 6.41 Å².